The van der Waals surface area contributed by atoms with Crippen molar-refractivity contribution in [1.29, 1.82) is 0 Å². The van der Waals surface area contributed by atoms with E-state index in [1.165, 1.54) is 11.0 Å². The summed E-state index contributed by atoms with van der Waals surface area (Å²) in [7, 11) is 3.32. The Kier molecular flexibility index (Phi) is 11.2. The Bertz CT molecular complexity index is 1620. The van der Waals surface area contributed by atoms with Crippen LogP contribution in [-0.2, 0) is 34.4 Å². The summed E-state index contributed by atoms with van der Waals surface area (Å²) in [5.74, 6) is -2.84. The Labute approximate surface area is 279 Å². The third-order valence-corrected chi connectivity index (χ3v) is 8.02. The Balaban J connectivity index is 1.40. The maximum Gasteiger partial charge on any atom is 0.338 e. The summed E-state index contributed by atoms with van der Waals surface area (Å²) in [5.41, 5.74) is 2.82. The molecule has 0 spiro atoms. The van der Waals surface area contributed by atoms with Crippen LogP contribution in [0.4, 0.5) is 0 Å². The number of likely N-dealkylation sites (N-methyl/N-ethyl adjacent to an activating group) is 1. The number of carbonyl (C=O) groups excluding carboxylic acids is 4. The summed E-state index contributed by atoms with van der Waals surface area (Å²) in [6.45, 7) is 0.0237. The van der Waals surface area contributed by atoms with Crippen LogP contribution in [0.15, 0.2) is 103 Å². The van der Waals surface area contributed by atoms with Gasteiger partial charge in [-0.2, -0.15) is 0 Å². The lowest BCUT2D eigenvalue weighted by atomic mass is 9.91. The number of benzene rings is 3. The van der Waals surface area contributed by atoms with Crippen molar-refractivity contribution >= 4 is 29.8 Å². The molecule has 3 amide bonds. The Hall–Kier alpha value is -5.10. The number of esters is 1. The molecule has 250 valence electrons. The van der Waals surface area contributed by atoms with Crippen molar-refractivity contribution in [3.63, 3.8) is 0 Å². The highest BCUT2D eigenvalue weighted by molar-refractivity contribution is 5.95. The van der Waals surface area contributed by atoms with Crippen LogP contribution in [0.2, 0.25) is 0 Å². The third-order valence-electron chi connectivity index (χ3n) is 8.02. The smallest absolute Gasteiger partial charge is 0.338 e. The Morgan fingerprint density at radius 2 is 1.54 bits per heavy atom. The van der Waals surface area contributed by atoms with Gasteiger partial charge < -0.3 is 34.9 Å². The van der Waals surface area contributed by atoms with Crippen LogP contribution in [0.1, 0.15) is 39.9 Å². The van der Waals surface area contributed by atoms with Gasteiger partial charge in [-0.3, -0.25) is 14.4 Å². The fraction of sp³-hybridized carbons (Fsp3) is 0.297. The van der Waals surface area contributed by atoms with Gasteiger partial charge in [-0.1, -0.05) is 72.8 Å². The first-order chi connectivity index (χ1) is 23.2. The second-order valence-electron chi connectivity index (χ2n) is 11.6. The fourth-order valence-corrected chi connectivity index (χ4v) is 5.53. The highest BCUT2D eigenvalue weighted by atomic mass is 16.8. The molecule has 2 aliphatic rings. The van der Waals surface area contributed by atoms with Crippen LogP contribution in [-0.4, -0.2) is 85.8 Å². The minimum atomic E-state index is -1.34. The number of nitrogens with one attached hydrogen (secondary N) is 2. The molecule has 1 aliphatic carbocycles. The largest absolute Gasteiger partial charge is 0.456 e. The molecular formula is C37H39N3O8. The number of amides is 3. The highest BCUT2D eigenvalue weighted by Crippen LogP contribution is 2.47. The lowest BCUT2D eigenvalue weighted by Gasteiger charge is -2.31. The number of rotatable bonds is 12. The van der Waals surface area contributed by atoms with Crippen molar-refractivity contribution in [1.82, 2.24) is 15.5 Å². The molecule has 11 nitrogen and oxygen atoms in total. The van der Waals surface area contributed by atoms with Gasteiger partial charge in [-0.15, -0.1) is 0 Å². The van der Waals surface area contributed by atoms with Crippen LogP contribution in [0.25, 0.3) is 6.08 Å². The van der Waals surface area contributed by atoms with Crippen LogP contribution < -0.4 is 10.6 Å². The van der Waals surface area contributed by atoms with Crippen molar-refractivity contribution in [3.8, 4) is 0 Å². The van der Waals surface area contributed by atoms with E-state index in [0.717, 1.165) is 16.7 Å². The summed E-state index contributed by atoms with van der Waals surface area (Å²) in [4.78, 5) is 52.2. The molecular weight excluding hydrogens is 614 g/mol. The van der Waals surface area contributed by atoms with Crippen molar-refractivity contribution in [2.75, 3.05) is 33.8 Å². The van der Waals surface area contributed by atoms with Gasteiger partial charge in [-0.05, 0) is 29.8 Å². The molecule has 3 aromatic carbocycles. The van der Waals surface area contributed by atoms with Crippen LogP contribution in [0, 0.1) is 0 Å². The van der Waals surface area contributed by atoms with E-state index in [4.69, 9.17) is 19.3 Å². The molecule has 1 aliphatic heterocycles. The highest BCUT2D eigenvalue weighted by Gasteiger charge is 2.54. The lowest BCUT2D eigenvalue weighted by Crippen LogP contribution is -2.44. The molecule has 5 rings (SSSR count). The summed E-state index contributed by atoms with van der Waals surface area (Å²) < 4.78 is 19.5. The number of nitrogens with zero attached hydrogens (tertiary/aromatic N) is 1. The number of carbonyl (C=O) groups is 4. The molecule has 1 fully saturated rings. The monoisotopic (exact) mass is 653 g/mol. The average Bonchev–Trinajstić information content (AvgIpc) is 3.52. The molecule has 3 unspecified atom stereocenters. The first-order valence-corrected chi connectivity index (χ1v) is 15.7. The van der Waals surface area contributed by atoms with E-state index in [2.05, 4.69) is 10.6 Å². The van der Waals surface area contributed by atoms with Crippen LogP contribution in [0.5, 0.6) is 0 Å². The maximum absolute atomic E-state index is 13.5. The summed E-state index contributed by atoms with van der Waals surface area (Å²) >= 11 is 0. The summed E-state index contributed by atoms with van der Waals surface area (Å²) in [6, 6.07) is 25.5. The number of fused-ring (bicyclic) bond motifs is 1. The average molecular weight is 654 g/mol. The lowest BCUT2D eigenvalue weighted by molar-refractivity contribution is -0.157. The van der Waals surface area contributed by atoms with Crippen LogP contribution in [0.3, 0.4) is 0 Å². The molecule has 0 aromatic heterocycles. The second-order valence-corrected chi connectivity index (χ2v) is 11.6. The molecule has 3 atom stereocenters. The standard InChI is InChI=1S/C37H39N3O8/c1-40(2)33(43)18-15-25-13-16-26(17-14-25)36(45)46-30-23-27(35(44)39-20-19-32(42)38-21-22-41)24-31-34(30)48-37(47-31,28-9-5-3-6-10-28)29-11-7-4-8-12-29/h3-18,24,30-31,34,41H,19-23H2,1-2H3,(H,38,42)(H,39,44). The van der Waals surface area contributed by atoms with E-state index in [9.17, 15) is 19.2 Å². The van der Waals surface area contributed by atoms with Gasteiger partial charge in [0.15, 0.2) is 0 Å². The summed E-state index contributed by atoms with van der Waals surface area (Å²) in [6.07, 6.45) is 2.47. The molecule has 1 heterocycles. The van der Waals surface area contributed by atoms with E-state index in [1.807, 2.05) is 60.7 Å². The van der Waals surface area contributed by atoms with Crippen molar-refractivity contribution < 1.29 is 38.5 Å². The molecule has 0 radical (unpaired) electrons. The molecule has 48 heavy (non-hydrogen) atoms. The van der Waals surface area contributed by atoms with Gasteiger partial charge in [0.1, 0.15) is 18.3 Å². The zero-order valence-electron chi connectivity index (χ0n) is 26.8. The van der Waals surface area contributed by atoms with E-state index in [-0.39, 0.29) is 49.9 Å². The predicted molar refractivity (Wildman–Crippen MR) is 177 cm³/mol. The predicted octanol–water partition coefficient (Wildman–Crippen LogP) is 2.94. The van der Waals surface area contributed by atoms with Crippen molar-refractivity contribution in [3.05, 3.63) is 125 Å². The number of hydrogen-bond acceptors (Lipinski definition) is 8. The molecule has 11 heteroatoms. The molecule has 1 saturated heterocycles. The number of ether oxygens (including phenoxy) is 3. The third kappa shape index (κ3) is 8.06. The van der Waals surface area contributed by atoms with E-state index in [0.29, 0.717) is 5.57 Å². The first kappa shape index (κ1) is 34.2. The van der Waals surface area contributed by atoms with Gasteiger partial charge in [0, 0.05) is 62.8 Å². The number of aliphatic hydroxyl groups is 1. The first-order valence-electron chi connectivity index (χ1n) is 15.7. The summed E-state index contributed by atoms with van der Waals surface area (Å²) in [5, 5.41) is 14.2. The maximum atomic E-state index is 13.5. The zero-order chi connectivity index (χ0) is 34.1. The van der Waals surface area contributed by atoms with Gasteiger partial charge in [-0.25, -0.2) is 4.79 Å². The van der Waals surface area contributed by atoms with Gasteiger partial charge >= 0.3 is 5.97 Å². The minimum Gasteiger partial charge on any atom is -0.456 e. The van der Waals surface area contributed by atoms with E-state index >= 15 is 0 Å². The topological polar surface area (TPSA) is 144 Å². The van der Waals surface area contributed by atoms with Crippen molar-refractivity contribution in [2.24, 2.45) is 0 Å². The molecule has 3 aromatic rings. The van der Waals surface area contributed by atoms with Crippen molar-refractivity contribution in [2.45, 2.75) is 36.9 Å². The normalized spacial score (nSPS) is 19.6. The van der Waals surface area contributed by atoms with Gasteiger partial charge in [0.05, 0.1) is 12.2 Å². The Morgan fingerprint density at radius 3 is 2.15 bits per heavy atom. The van der Waals surface area contributed by atoms with E-state index in [1.54, 1.807) is 50.5 Å². The van der Waals surface area contributed by atoms with E-state index < -0.39 is 36.0 Å². The molecule has 0 saturated carbocycles. The van der Waals surface area contributed by atoms with Gasteiger partial charge in [0.2, 0.25) is 23.5 Å². The number of hydrogen-bond donors (Lipinski definition) is 3. The second kappa shape index (κ2) is 15.7. The quantitative estimate of drug-likeness (QED) is 0.200. The SMILES string of the molecule is CN(C)C(=O)C=Cc1ccc(C(=O)OC2CC(C(=O)NCCC(=O)NCCO)=CC3OC(c4ccccc4)(c4ccccc4)OC32)cc1. The molecule has 0 bridgehead atoms. The van der Waals surface area contributed by atoms with Crippen LogP contribution >= 0.6 is 0 Å². The van der Waals surface area contributed by atoms with Gasteiger partial charge in [0.25, 0.3) is 0 Å². The fourth-order valence-electron chi connectivity index (χ4n) is 5.53. The number of aliphatic hydroxyl groups excluding tert-OH is 1. The minimum absolute atomic E-state index is 0.0305. The Morgan fingerprint density at radius 1 is 0.896 bits per heavy atom. The molecule has 3 N–H and O–H groups in total. The zero-order valence-corrected chi connectivity index (χ0v) is 26.8.